The third-order valence-electron chi connectivity index (χ3n) is 3.28. The van der Waals surface area contributed by atoms with Crippen LogP contribution in [-0.4, -0.2) is 18.3 Å². The Morgan fingerprint density at radius 1 is 1.30 bits per heavy atom. The minimum absolute atomic E-state index is 0.118. The summed E-state index contributed by atoms with van der Waals surface area (Å²) in [4.78, 5) is 0. The molecule has 20 heavy (non-hydrogen) atoms. The molecule has 0 unspecified atom stereocenters. The summed E-state index contributed by atoms with van der Waals surface area (Å²) in [6.07, 6.45) is -3.94. The van der Waals surface area contributed by atoms with E-state index in [1.807, 2.05) is 13.0 Å². The van der Waals surface area contributed by atoms with Crippen molar-refractivity contribution in [3.8, 4) is 5.75 Å². The second-order valence-corrected chi connectivity index (χ2v) is 6.51. The number of nitrogens with one attached hydrogen (secondary N) is 1. The van der Waals surface area contributed by atoms with Crippen molar-refractivity contribution in [2.75, 3.05) is 6.61 Å². The Morgan fingerprint density at radius 3 is 2.45 bits per heavy atom. The number of halogens is 5. The SMILES string of the molecule is CCOc1c(Br)cc(Br)cc1CNC1(C(F)(F)F)CC1. The molecule has 0 radical (unpaired) electrons. The van der Waals surface area contributed by atoms with Gasteiger partial charge < -0.3 is 4.74 Å². The Morgan fingerprint density at radius 2 is 1.95 bits per heavy atom. The molecule has 0 atom stereocenters. The first-order valence-electron chi connectivity index (χ1n) is 6.21. The van der Waals surface area contributed by atoms with Gasteiger partial charge in [0.25, 0.3) is 0 Å². The molecule has 2 nitrogen and oxygen atoms in total. The summed E-state index contributed by atoms with van der Waals surface area (Å²) in [6, 6.07) is 3.58. The molecule has 1 aromatic rings. The molecule has 1 aliphatic carbocycles. The van der Waals surface area contributed by atoms with Crippen LogP contribution < -0.4 is 10.1 Å². The third kappa shape index (κ3) is 3.31. The average molecular weight is 417 g/mol. The van der Waals surface area contributed by atoms with Crippen molar-refractivity contribution in [1.82, 2.24) is 5.32 Å². The van der Waals surface area contributed by atoms with Crippen molar-refractivity contribution in [1.29, 1.82) is 0 Å². The monoisotopic (exact) mass is 415 g/mol. The van der Waals surface area contributed by atoms with Crippen LogP contribution in [0.25, 0.3) is 0 Å². The van der Waals surface area contributed by atoms with Crippen LogP contribution in [0.2, 0.25) is 0 Å². The van der Waals surface area contributed by atoms with E-state index in [9.17, 15) is 13.2 Å². The second kappa shape index (κ2) is 5.85. The summed E-state index contributed by atoms with van der Waals surface area (Å²) < 4.78 is 45.7. The molecular formula is C13H14Br2F3NO. The van der Waals surface area contributed by atoms with Crippen LogP contribution in [0.3, 0.4) is 0 Å². The highest BCUT2D eigenvalue weighted by Gasteiger charge is 2.62. The average Bonchev–Trinajstić information content (AvgIpc) is 3.10. The fraction of sp³-hybridized carbons (Fsp3) is 0.538. The van der Waals surface area contributed by atoms with Crippen molar-refractivity contribution in [2.24, 2.45) is 0 Å². The van der Waals surface area contributed by atoms with Gasteiger partial charge in [-0.2, -0.15) is 13.2 Å². The lowest BCUT2D eigenvalue weighted by Crippen LogP contribution is -2.44. The lowest BCUT2D eigenvalue weighted by Gasteiger charge is -2.22. The minimum Gasteiger partial charge on any atom is -0.492 e. The first kappa shape index (κ1) is 16.1. The van der Waals surface area contributed by atoms with Gasteiger partial charge in [0.15, 0.2) is 0 Å². The molecule has 1 aliphatic rings. The molecule has 0 aliphatic heterocycles. The Hall–Kier alpha value is -0.270. The number of hydrogen-bond acceptors (Lipinski definition) is 2. The largest absolute Gasteiger partial charge is 0.492 e. The van der Waals surface area contributed by atoms with Crippen LogP contribution in [0.5, 0.6) is 5.75 Å². The molecule has 1 fully saturated rings. The van der Waals surface area contributed by atoms with Crippen molar-refractivity contribution >= 4 is 31.9 Å². The van der Waals surface area contributed by atoms with E-state index in [0.29, 0.717) is 17.9 Å². The smallest absolute Gasteiger partial charge is 0.406 e. The summed E-state index contributed by atoms with van der Waals surface area (Å²) in [5, 5.41) is 2.63. The quantitative estimate of drug-likeness (QED) is 0.744. The van der Waals surface area contributed by atoms with E-state index in [1.165, 1.54) is 0 Å². The molecule has 0 heterocycles. The highest BCUT2D eigenvalue weighted by molar-refractivity contribution is 9.11. The van der Waals surface area contributed by atoms with E-state index in [0.717, 1.165) is 8.95 Å². The van der Waals surface area contributed by atoms with E-state index in [-0.39, 0.29) is 19.4 Å². The molecule has 0 aromatic heterocycles. The maximum Gasteiger partial charge on any atom is 0.406 e. The molecule has 1 aromatic carbocycles. The first-order chi connectivity index (χ1) is 9.29. The molecule has 0 amide bonds. The standard InChI is InChI=1S/C13H14Br2F3NO/c1-2-20-11-8(5-9(14)6-10(11)15)7-19-12(3-4-12)13(16,17)18/h5-6,19H,2-4,7H2,1H3. The summed E-state index contributed by atoms with van der Waals surface area (Å²) in [5.74, 6) is 0.584. The normalized spacial score (nSPS) is 17.1. The summed E-state index contributed by atoms with van der Waals surface area (Å²) >= 11 is 6.71. The summed E-state index contributed by atoms with van der Waals surface area (Å²) in [7, 11) is 0. The van der Waals surface area contributed by atoms with Crippen molar-refractivity contribution in [3.05, 3.63) is 26.6 Å². The zero-order chi connectivity index (χ0) is 15.0. The molecule has 1 N–H and O–H groups in total. The number of hydrogen-bond donors (Lipinski definition) is 1. The predicted molar refractivity (Wildman–Crippen MR) is 77.9 cm³/mol. The van der Waals surface area contributed by atoms with Crippen molar-refractivity contribution < 1.29 is 17.9 Å². The van der Waals surface area contributed by atoms with Gasteiger partial charge in [0.05, 0.1) is 11.1 Å². The molecule has 112 valence electrons. The summed E-state index contributed by atoms with van der Waals surface area (Å²) in [5.41, 5.74) is -1.02. The molecule has 1 saturated carbocycles. The number of rotatable bonds is 5. The van der Waals surface area contributed by atoms with Crippen LogP contribution in [-0.2, 0) is 6.54 Å². The predicted octanol–water partition coefficient (Wildman–Crippen LogP) is 4.79. The van der Waals surface area contributed by atoms with Gasteiger partial charge >= 0.3 is 6.18 Å². The zero-order valence-corrected chi connectivity index (χ0v) is 14.0. The van der Waals surface area contributed by atoms with Gasteiger partial charge in [0, 0.05) is 16.6 Å². The highest BCUT2D eigenvalue weighted by atomic mass is 79.9. The van der Waals surface area contributed by atoms with Crippen molar-refractivity contribution in [2.45, 2.75) is 38.0 Å². The second-order valence-electron chi connectivity index (χ2n) is 4.74. The molecular weight excluding hydrogens is 403 g/mol. The molecule has 0 spiro atoms. The van der Waals surface area contributed by atoms with Gasteiger partial charge in [0.2, 0.25) is 0 Å². The van der Waals surface area contributed by atoms with Gasteiger partial charge in [-0.15, -0.1) is 0 Å². The van der Waals surface area contributed by atoms with Crippen LogP contribution in [0.15, 0.2) is 21.1 Å². The van der Waals surface area contributed by atoms with E-state index < -0.39 is 11.7 Å². The Bertz CT molecular complexity index is 501. The first-order valence-corrected chi connectivity index (χ1v) is 7.80. The number of benzene rings is 1. The Labute approximate surface area is 132 Å². The number of alkyl halides is 3. The van der Waals surface area contributed by atoms with Gasteiger partial charge in [-0.25, -0.2) is 0 Å². The fourth-order valence-corrected chi connectivity index (χ4v) is 3.43. The van der Waals surface area contributed by atoms with Crippen molar-refractivity contribution in [3.63, 3.8) is 0 Å². The molecule has 7 heteroatoms. The number of ether oxygens (including phenoxy) is 1. The maximum absolute atomic E-state index is 12.9. The van der Waals surface area contributed by atoms with E-state index in [1.54, 1.807) is 6.07 Å². The van der Waals surface area contributed by atoms with Gasteiger partial charge in [-0.1, -0.05) is 15.9 Å². The Balaban J connectivity index is 2.17. The van der Waals surface area contributed by atoms with Gasteiger partial charge in [-0.05, 0) is 47.8 Å². The summed E-state index contributed by atoms with van der Waals surface area (Å²) in [6.45, 7) is 2.41. The molecule has 0 saturated heterocycles. The minimum atomic E-state index is -4.21. The Kier molecular flexibility index (Phi) is 4.71. The van der Waals surface area contributed by atoms with Crippen LogP contribution in [0.1, 0.15) is 25.3 Å². The lowest BCUT2D eigenvalue weighted by molar-refractivity contribution is -0.166. The lowest BCUT2D eigenvalue weighted by atomic mass is 10.1. The van der Waals surface area contributed by atoms with Crippen LogP contribution in [0, 0.1) is 0 Å². The fourth-order valence-electron chi connectivity index (χ4n) is 2.00. The van der Waals surface area contributed by atoms with Gasteiger partial charge in [0.1, 0.15) is 11.3 Å². The van der Waals surface area contributed by atoms with E-state index in [2.05, 4.69) is 37.2 Å². The third-order valence-corrected chi connectivity index (χ3v) is 4.33. The highest BCUT2D eigenvalue weighted by Crippen LogP contribution is 2.49. The molecule has 2 rings (SSSR count). The topological polar surface area (TPSA) is 21.3 Å². The van der Waals surface area contributed by atoms with E-state index in [4.69, 9.17) is 4.74 Å². The molecule has 0 bridgehead atoms. The van der Waals surface area contributed by atoms with E-state index >= 15 is 0 Å². The van der Waals surface area contributed by atoms with Crippen LogP contribution >= 0.6 is 31.9 Å². The zero-order valence-electron chi connectivity index (χ0n) is 10.8. The van der Waals surface area contributed by atoms with Crippen LogP contribution in [0.4, 0.5) is 13.2 Å². The maximum atomic E-state index is 12.9. The van der Waals surface area contributed by atoms with Gasteiger partial charge in [-0.3, -0.25) is 5.32 Å².